The zero-order chi connectivity index (χ0) is 17.8. The molecule has 0 fully saturated rings. The van der Waals surface area contributed by atoms with E-state index in [2.05, 4.69) is 15.0 Å². The summed E-state index contributed by atoms with van der Waals surface area (Å²) in [5, 5.41) is 8.78. The van der Waals surface area contributed by atoms with Crippen LogP contribution in [0.15, 0.2) is 29.2 Å². The van der Waals surface area contributed by atoms with Crippen LogP contribution in [-0.4, -0.2) is 39.8 Å². The highest BCUT2D eigenvalue weighted by atomic mass is 19.1. The summed E-state index contributed by atoms with van der Waals surface area (Å²) in [6.45, 7) is 0.749. The summed E-state index contributed by atoms with van der Waals surface area (Å²) in [5.41, 5.74) is 0.865. The Morgan fingerprint density at radius 3 is 2.96 bits per heavy atom. The van der Waals surface area contributed by atoms with Gasteiger partial charge in [0.15, 0.2) is 5.65 Å². The van der Waals surface area contributed by atoms with Gasteiger partial charge >= 0.3 is 11.7 Å². The molecule has 1 N–H and O–H groups in total. The van der Waals surface area contributed by atoms with Crippen LogP contribution in [0.4, 0.5) is 4.39 Å². The number of hydrogen-bond donors (Lipinski definition) is 1. The van der Waals surface area contributed by atoms with E-state index in [1.807, 2.05) is 0 Å². The highest BCUT2D eigenvalue weighted by molar-refractivity contribution is 5.69. The Balaban J connectivity index is 1.93. The standard InChI is InChI=1S/C16H14FN5O3/c1-24-4-5-25-15-19-8-13-14(21-15)22(16(23)20-13)9-10-2-3-11(7-18)12(17)6-10/h2-3,6,8H,4-5,9H2,1H3,(H,20,23). The summed E-state index contributed by atoms with van der Waals surface area (Å²) in [6, 6.07) is 6.06. The predicted octanol–water partition coefficient (Wildman–Crippen LogP) is 1.20. The number of methoxy groups -OCH3 is 1. The van der Waals surface area contributed by atoms with Crippen LogP contribution in [-0.2, 0) is 11.3 Å². The Hall–Kier alpha value is -3.25. The van der Waals surface area contributed by atoms with Crippen LogP contribution in [0.2, 0.25) is 0 Å². The lowest BCUT2D eigenvalue weighted by Gasteiger charge is -2.06. The number of imidazole rings is 1. The summed E-state index contributed by atoms with van der Waals surface area (Å²) in [7, 11) is 1.55. The molecule has 0 aliphatic rings. The van der Waals surface area contributed by atoms with E-state index in [0.717, 1.165) is 0 Å². The third-order valence-electron chi connectivity index (χ3n) is 3.50. The van der Waals surface area contributed by atoms with Crippen LogP contribution < -0.4 is 10.4 Å². The van der Waals surface area contributed by atoms with Crippen molar-refractivity contribution in [2.75, 3.05) is 20.3 Å². The molecule has 8 nitrogen and oxygen atoms in total. The number of benzene rings is 1. The van der Waals surface area contributed by atoms with Crippen LogP contribution >= 0.6 is 0 Å². The molecule has 0 aliphatic carbocycles. The van der Waals surface area contributed by atoms with E-state index in [1.54, 1.807) is 19.2 Å². The molecule has 0 radical (unpaired) electrons. The zero-order valence-electron chi connectivity index (χ0n) is 13.3. The van der Waals surface area contributed by atoms with E-state index in [4.69, 9.17) is 14.7 Å². The Labute approximate surface area is 141 Å². The summed E-state index contributed by atoms with van der Waals surface area (Å²) < 4.78 is 25.3. The summed E-state index contributed by atoms with van der Waals surface area (Å²) in [5.74, 6) is -0.633. The van der Waals surface area contributed by atoms with Crippen LogP contribution in [0.1, 0.15) is 11.1 Å². The minimum absolute atomic E-state index is 0.0498. The normalized spacial score (nSPS) is 10.8. The molecule has 0 saturated heterocycles. The molecule has 2 heterocycles. The first-order valence-electron chi connectivity index (χ1n) is 7.38. The number of fused-ring (bicyclic) bond motifs is 1. The highest BCUT2D eigenvalue weighted by Gasteiger charge is 2.12. The predicted molar refractivity (Wildman–Crippen MR) is 85.7 cm³/mol. The number of nitrogens with one attached hydrogen (secondary N) is 1. The fourth-order valence-electron chi connectivity index (χ4n) is 2.29. The van der Waals surface area contributed by atoms with Gasteiger partial charge in [-0.2, -0.15) is 10.2 Å². The molecule has 128 valence electrons. The van der Waals surface area contributed by atoms with Gasteiger partial charge in [0.05, 0.1) is 24.9 Å². The van der Waals surface area contributed by atoms with Gasteiger partial charge in [-0.3, -0.25) is 4.57 Å². The number of hydrogen-bond acceptors (Lipinski definition) is 6. The van der Waals surface area contributed by atoms with Crippen molar-refractivity contribution in [1.29, 1.82) is 5.26 Å². The fourth-order valence-corrected chi connectivity index (χ4v) is 2.29. The number of nitrogens with zero attached hydrogens (tertiary/aromatic N) is 4. The smallest absolute Gasteiger partial charge is 0.328 e. The third-order valence-corrected chi connectivity index (χ3v) is 3.50. The van der Waals surface area contributed by atoms with Crippen molar-refractivity contribution in [2.24, 2.45) is 0 Å². The number of aromatic amines is 1. The van der Waals surface area contributed by atoms with E-state index in [1.165, 1.54) is 22.9 Å². The van der Waals surface area contributed by atoms with Gasteiger partial charge in [0.25, 0.3) is 0 Å². The van der Waals surface area contributed by atoms with Gasteiger partial charge in [-0.15, -0.1) is 0 Å². The van der Waals surface area contributed by atoms with E-state index in [9.17, 15) is 9.18 Å². The molecule has 1 aromatic carbocycles. The molecule has 0 spiro atoms. The molecule has 0 amide bonds. The van der Waals surface area contributed by atoms with Crippen molar-refractivity contribution in [2.45, 2.75) is 6.54 Å². The number of H-pyrrole nitrogens is 1. The molecule has 3 aromatic rings. The van der Waals surface area contributed by atoms with Crippen molar-refractivity contribution in [3.05, 3.63) is 51.8 Å². The van der Waals surface area contributed by atoms with E-state index in [0.29, 0.717) is 23.3 Å². The molecule has 0 atom stereocenters. The Morgan fingerprint density at radius 2 is 2.24 bits per heavy atom. The Morgan fingerprint density at radius 1 is 1.40 bits per heavy atom. The summed E-state index contributed by atoms with van der Waals surface area (Å²) in [6.07, 6.45) is 1.45. The maximum atomic E-state index is 13.8. The van der Waals surface area contributed by atoms with Crippen LogP contribution in [0, 0.1) is 17.1 Å². The van der Waals surface area contributed by atoms with Gasteiger partial charge < -0.3 is 14.5 Å². The van der Waals surface area contributed by atoms with Gasteiger partial charge in [-0.25, -0.2) is 14.2 Å². The second-order valence-corrected chi connectivity index (χ2v) is 5.17. The Bertz CT molecular complexity index is 1010. The molecule has 0 unspecified atom stereocenters. The number of halogens is 1. The maximum Gasteiger partial charge on any atom is 0.328 e. The van der Waals surface area contributed by atoms with Crippen molar-refractivity contribution < 1.29 is 13.9 Å². The molecule has 3 rings (SSSR count). The van der Waals surface area contributed by atoms with Gasteiger partial charge in [0.1, 0.15) is 24.0 Å². The third kappa shape index (κ3) is 3.49. The maximum absolute atomic E-state index is 13.8. The lowest BCUT2D eigenvalue weighted by molar-refractivity contribution is 0.141. The lowest BCUT2D eigenvalue weighted by atomic mass is 10.1. The van der Waals surface area contributed by atoms with Crippen molar-refractivity contribution in [1.82, 2.24) is 19.5 Å². The monoisotopic (exact) mass is 343 g/mol. The second-order valence-electron chi connectivity index (χ2n) is 5.17. The summed E-state index contributed by atoms with van der Waals surface area (Å²) in [4.78, 5) is 23.0. The Kier molecular flexibility index (Phi) is 4.72. The molecular weight excluding hydrogens is 329 g/mol. The van der Waals surface area contributed by atoms with E-state index < -0.39 is 11.5 Å². The minimum Gasteiger partial charge on any atom is -0.461 e. The van der Waals surface area contributed by atoms with Gasteiger partial charge in [-0.1, -0.05) is 6.07 Å². The van der Waals surface area contributed by atoms with Crippen molar-refractivity contribution >= 4 is 11.2 Å². The van der Waals surface area contributed by atoms with E-state index in [-0.39, 0.29) is 24.7 Å². The minimum atomic E-state index is -0.633. The quantitative estimate of drug-likeness (QED) is 0.674. The first kappa shape index (κ1) is 16.6. The molecular formula is C16H14FN5O3. The molecule has 2 aromatic heterocycles. The second kappa shape index (κ2) is 7.11. The average Bonchev–Trinajstić information content (AvgIpc) is 2.91. The zero-order valence-corrected chi connectivity index (χ0v) is 13.3. The van der Waals surface area contributed by atoms with Gasteiger partial charge in [0.2, 0.25) is 0 Å². The molecule has 9 heteroatoms. The first-order valence-corrected chi connectivity index (χ1v) is 7.38. The molecule has 0 aliphatic heterocycles. The lowest BCUT2D eigenvalue weighted by Crippen LogP contribution is -2.18. The molecule has 25 heavy (non-hydrogen) atoms. The average molecular weight is 343 g/mol. The molecule has 0 bridgehead atoms. The number of ether oxygens (including phenoxy) is 2. The SMILES string of the molecule is COCCOc1ncc2[nH]c(=O)n(Cc3ccc(C#N)c(F)c3)c2n1. The van der Waals surface area contributed by atoms with Crippen LogP contribution in [0.3, 0.4) is 0 Å². The summed E-state index contributed by atoms with van der Waals surface area (Å²) >= 11 is 0. The first-order chi connectivity index (χ1) is 12.1. The van der Waals surface area contributed by atoms with Crippen molar-refractivity contribution in [3.8, 4) is 12.1 Å². The van der Waals surface area contributed by atoms with Crippen molar-refractivity contribution in [3.63, 3.8) is 0 Å². The van der Waals surface area contributed by atoms with Crippen LogP contribution in [0.25, 0.3) is 11.2 Å². The topological polar surface area (TPSA) is 106 Å². The highest BCUT2D eigenvalue weighted by Crippen LogP contribution is 2.14. The van der Waals surface area contributed by atoms with Crippen LogP contribution in [0.5, 0.6) is 6.01 Å². The largest absolute Gasteiger partial charge is 0.461 e. The number of rotatable bonds is 6. The van der Waals surface area contributed by atoms with Gasteiger partial charge in [0, 0.05) is 7.11 Å². The van der Waals surface area contributed by atoms with E-state index >= 15 is 0 Å². The number of nitriles is 1. The fraction of sp³-hybridized carbons (Fsp3) is 0.250. The molecule has 0 saturated carbocycles. The van der Waals surface area contributed by atoms with Gasteiger partial charge in [-0.05, 0) is 17.7 Å². The number of aromatic nitrogens is 4.